The van der Waals surface area contributed by atoms with Gasteiger partial charge in [0.2, 0.25) is 0 Å². The maximum Gasteiger partial charge on any atom is 0.263 e. The monoisotopic (exact) mass is 100 g/mol. The SMILES string of the molecule is CC(=O)N=NN=N. The van der Waals surface area contributed by atoms with Gasteiger partial charge in [-0.2, -0.15) is 5.53 Å². The smallest absolute Gasteiger partial charge is 0.263 e. The topological polar surface area (TPSA) is 78.0 Å². The minimum Gasteiger partial charge on any atom is -0.271 e. The van der Waals surface area contributed by atoms with E-state index in [0.29, 0.717) is 0 Å². The third-order valence-electron chi connectivity index (χ3n) is 0.230. The molecule has 0 aliphatic rings. The highest BCUT2D eigenvalue weighted by molar-refractivity contribution is 5.72. The van der Waals surface area contributed by atoms with Gasteiger partial charge in [-0.25, -0.2) is 0 Å². The Morgan fingerprint density at radius 1 is 1.71 bits per heavy atom. The Labute approximate surface area is 39.9 Å². The average molecular weight is 100 g/mol. The standard InChI is InChI=1S/C2H4N4O/c1-2(7)4-6-5-3/h3H,1H3. The fourth-order valence-corrected chi connectivity index (χ4v) is 0.0853. The molecule has 1 amide bonds. The molecule has 0 aliphatic carbocycles. The quantitative estimate of drug-likeness (QED) is 0.386. The van der Waals surface area contributed by atoms with E-state index in [1.54, 1.807) is 0 Å². The molecule has 7 heavy (non-hydrogen) atoms. The maximum atomic E-state index is 9.80. The summed E-state index contributed by atoms with van der Waals surface area (Å²) in [4.78, 5) is 9.80. The highest BCUT2D eigenvalue weighted by atomic mass is 16.1. The van der Waals surface area contributed by atoms with Crippen LogP contribution in [0.3, 0.4) is 0 Å². The molecule has 0 radical (unpaired) electrons. The van der Waals surface area contributed by atoms with Crippen molar-refractivity contribution >= 4 is 5.91 Å². The molecule has 5 heteroatoms. The molecule has 0 bridgehead atoms. The lowest BCUT2D eigenvalue weighted by Crippen LogP contribution is -1.75. The van der Waals surface area contributed by atoms with Crippen molar-refractivity contribution in [3.63, 3.8) is 0 Å². The molecule has 0 atom stereocenters. The number of carbonyl (C=O) groups excluding carboxylic acids is 1. The number of rotatable bonds is 1. The Balaban J connectivity index is 3.46. The van der Waals surface area contributed by atoms with Crippen molar-refractivity contribution in [2.75, 3.05) is 0 Å². The van der Waals surface area contributed by atoms with Crippen LogP contribution in [0.25, 0.3) is 0 Å². The van der Waals surface area contributed by atoms with Gasteiger partial charge >= 0.3 is 0 Å². The Kier molecular flexibility index (Phi) is 2.58. The summed E-state index contributed by atoms with van der Waals surface area (Å²) >= 11 is 0. The van der Waals surface area contributed by atoms with Crippen molar-refractivity contribution in [1.82, 2.24) is 0 Å². The molecule has 1 N–H and O–H groups in total. The molecule has 0 heterocycles. The van der Waals surface area contributed by atoms with Crippen LogP contribution >= 0.6 is 0 Å². The van der Waals surface area contributed by atoms with Gasteiger partial charge in [0.15, 0.2) is 0 Å². The number of carbonyl (C=O) groups is 1. The summed E-state index contributed by atoms with van der Waals surface area (Å²) in [5.74, 6) is -0.448. The van der Waals surface area contributed by atoms with E-state index in [-0.39, 0.29) is 0 Å². The molecule has 38 valence electrons. The first-order chi connectivity index (χ1) is 3.27. The summed E-state index contributed by atoms with van der Waals surface area (Å²) in [5, 5.41) is 8.08. The molecule has 0 fully saturated rings. The molecule has 0 saturated carbocycles. The van der Waals surface area contributed by atoms with Crippen molar-refractivity contribution in [1.29, 1.82) is 5.53 Å². The van der Waals surface area contributed by atoms with Crippen LogP contribution in [-0.4, -0.2) is 5.91 Å². The van der Waals surface area contributed by atoms with E-state index in [4.69, 9.17) is 5.53 Å². The maximum absolute atomic E-state index is 9.80. The second-order valence-electron chi connectivity index (χ2n) is 0.808. The molecule has 0 saturated heterocycles. The van der Waals surface area contributed by atoms with Gasteiger partial charge in [-0.1, -0.05) is 5.11 Å². The molecular weight excluding hydrogens is 96.0 g/mol. The van der Waals surface area contributed by atoms with E-state index in [2.05, 4.69) is 15.6 Å². The fourth-order valence-electron chi connectivity index (χ4n) is 0.0853. The summed E-state index contributed by atoms with van der Waals surface area (Å²) in [5.41, 5.74) is 6.01. The van der Waals surface area contributed by atoms with Gasteiger partial charge in [-0.05, 0) is 10.4 Å². The van der Waals surface area contributed by atoms with E-state index in [0.717, 1.165) is 0 Å². The van der Waals surface area contributed by atoms with E-state index in [1.807, 2.05) is 0 Å². The normalized spacial score (nSPS) is 9.29. The molecule has 0 aromatic carbocycles. The van der Waals surface area contributed by atoms with Crippen molar-refractivity contribution in [2.24, 2.45) is 15.6 Å². The highest BCUT2D eigenvalue weighted by Gasteiger charge is 1.78. The van der Waals surface area contributed by atoms with Crippen molar-refractivity contribution in [2.45, 2.75) is 6.92 Å². The van der Waals surface area contributed by atoms with Gasteiger partial charge in [0.05, 0.1) is 0 Å². The van der Waals surface area contributed by atoms with Gasteiger partial charge < -0.3 is 0 Å². The molecule has 0 unspecified atom stereocenters. The highest BCUT2D eigenvalue weighted by Crippen LogP contribution is 1.74. The lowest BCUT2D eigenvalue weighted by atomic mass is 10.8. The summed E-state index contributed by atoms with van der Waals surface area (Å²) in [6, 6.07) is 0. The first kappa shape index (κ1) is 5.87. The molecule has 5 nitrogen and oxygen atoms in total. The third-order valence-corrected chi connectivity index (χ3v) is 0.230. The van der Waals surface area contributed by atoms with Crippen molar-refractivity contribution in [3.05, 3.63) is 0 Å². The summed E-state index contributed by atoms with van der Waals surface area (Å²) in [6.45, 7) is 1.23. The molecule has 0 aromatic heterocycles. The van der Waals surface area contributed by atoms with E-state index in [9.17, 15) is 4.79 Å². The first-order valence-corrected chi connectivity index (χ1v) is 1.55. The Morgan fingerprint density at radius 3 is 2.43 bits per heavy atom. The first-order valence-electron chi connectivity index (χ1n) is 1.55. The van der Waals surface area contributed by atoms with Crippen LogP contribution in [-0.2, 0) is 4.79 Å². The number of hydrogen-bond donors (Lipinski definition) is 1. The second kappa shape index (κ2) is 3.08. The zero-order valence-electron chi connectivity index (χ0n) is 3.75. The molecule has 0 rings (SSSR count). The Bertz CT molecular complexity index is 106. The Morgan fingerprint density at radius 2 is 2.29 bits per heavy atom. The average Bonchev–Trinajstić information content (AvgIpc) is 1.61. The van der Waals surface area contributed by atoms with Crippen LogP contribution in [0, 0.1) is 5.53 Å². The minimum absolute atomic E-state index is 0.448. The minimum atomic E-state index is -0.448. The summed E-state index contributed by atoms with van der Waals surface area (Å²) < 4.78 is 0. The summed E-state index contributed by atoms with van der Waals surface area (Å²) in [6.07, 6.45) is 0. The van der Waals surface area contributed by atoms with Crippen molar-refractivity contribution < 1.29 is 4.79 Å². The van der Waals surface area contributed by atoms with Crippen LogP contribution < -0.4 is 0 Å². The molecule has 0 aromatic rings. The lowest BCUT2D eigenvalue weighted by molar-refractivity contribution is -0.116. The third kappa shape index (κ3) is 4.87. The summed E-state index contributed by atoms with van der Waals surface area (Å²) in [7, 11) is 0. The zero-order chi connectivity index (χ0) is 5.70. The largest absolute Gasteiger partial charge is 0.271 e. The van der Waals surface area contributed by atoms with Crippen LogP contribution in [0.5, 0.6) is 0 Å². The number of hydrogen-bond acceptors (Lipinski definition) is 2. The predicted molar refractivity (Wildman–Crippen MR) is 20.7 cm³/mol. The Hall–Kier alpha value is -1.13. The van der Waals surface area contributed by atoms with Crippen LogP contribution in [0.15, 0.2) is 15.6 Å². The predicted octanol–water partition coefficient (Wildman–Crippen LogP) is 0.931. The van der Waals surface area contributed by atoms with Gasteiger partial charge in [0.25, 0.3) is 5.91 Å². The van der Waals surface area contributed by atoms with Gasteiger partial charge in [-0.3, -0.25) is 4.79 Å². The number of nitrogens with one attached hydrogen (secondary N) is 1. The van der Waals surface area contributed by atoms with Crippen molar-refractivity contribution in [3.8, 4) is 0 Å². The molecular formula is C2H4N4O. The zero-order valence-corrected chi connectivity index (χ0v) is 3.75. The van der Waals surface area contributed by atoms with E-state index < -0.39 is 5.91 Å². The van der Waals surface area contributed by atoms with Gasteiger partial charge in [0.1, 0.15) is 0 Å². The molecule has 0 aliphatic heterocycles. The van der Waals surface area contributed by atoms with E-state index in [1.165, 1.54) is 6.92 Å². The van der Waals surface area contributed by atoms with Gasteiger partial charge in [-0.15, -0.1) is 0 Å². The van der Waals surface area contributed by atoms with E-state index >= 15 is 0 Å². The van der Waals surface area contributed by atoms with Crippen LogP contribution in [0.2, 0.25) is 0 Å². The number of nitrogens with zero attached hydrogens (tertiary/aromatic N) is 3. The van der Waals surface area contributed by atoms with Gasteiger partial charge in [0, 0.05) is 6.92 Å². The molecule has 0 spiro atoms. The van der Waals surface area contributed by atoms with Crippen LogP contribution in [0.1, 0.15) is 6.92 Å². The van der Waals surface area contributed by atoms with Crippen LogP contribution in [0.4, 0.5) is 0 Å². The second-order valence-corrected chi connectivity index (χ2v) is 0.808. The lowest BCUT2D eigenvalue weighted by Gasteiger charge is -1.67. The number of amides is 1. The fraction of sp³-hybridized carbons (Fsp3) is 0.500.